The molecule has 0 spiro atoms. The molecule has 0 atom stereocenters. The van der Waals surface area contributed by atoms with Gasteiger partial charge in [0.05, 0.1) is 10.8 Å². The number of hydrogen-bond donors (Lipinski definition) is 2. The number of carbonyl (C=O) groups is 2. The zero-order chi connectivity index (χ0) is 18.8. The van der Waals surface area contributed by atoms with E-state index in [1.165, 1.54) is 6.07 Å². The van der Waals surface area contributed by atoms with Gasteiger partial charge in [-0.1, -0.05) is 30.3 Å². The lowest BCUT2D eigenvalue weighted by Gasteiger charge is -2.25. The maximum Gasteiger partial charge on any atom is 0.313 e. The van der Waals surface area contributed by atoms with E-state index in [0.717, 1.165) is 0 Å². The van der Waals surface area contributed by atoms with Crippen molar-refractivity contribution in [2.75, 3.05) is 5.32 Å². The normalized spacial score (nSPS) is 11.9. The van der Waals surface area contributed by atoms with E-state index in [-0.39, 0.29) is 5.91 Å². The molecule has 0 saturated heterocycles. The van der Waals surface area contributed by atoms with Crippen LogP contribution >= 0.6 is 0 Å². The average molecular weight is 343 g/mol. The number of hydrogen-bond acceptors (Lipinski definition) is 2. The Morgan fingerprint density at radius 1 is 0.920 bits per heavy atom. The van der Waals surface area contributed by atoms with Crippen molar-refractivity contribution >= 4 is 17.6 Å². The van der Waals surface area contributed by atoms with Crippen LogP contribution in [0, 0.1) is 5.82 Å². The standard InChI is InChI=1S/C20H22FNO3/c1-19(2,18(24)25)13-9-11-14(12-10-13)22-17(23)20(3,4)15-7-5-6-8-16(15)21/h5-12H,1-4H3,(H,22,23)(H,24,25). The molecule has 132 valence electrons. The second-order valence-electron chi connectivity index (χ2n) is 7.07. The molecule has 0 bridgehead atoms. The van der Waals surface area contributed by atoms with Crippen molar-refractivity contribution in [2.45, 2.75) is 38.5 Å². The fraction of sp³-hybridized carbons (Fsp3) is 0.300. The molecular formula is C20H22FNO3. The summed E-state index contributed by atoms with van der Waals surface area (Å²) >= 11 is 0. The first-order chi connectivity index (χ1) is 11.6. The smallest absolute Gasteiger partial charge is 0.313 e. The highest BCUT2D eigenvalue weighted by Gasteiger charge is 2.33. The second-order valence-corrected chi connectivity index (χ2v) is 7.07. The Kier molecular flexibility index (Phi) is 4.97. The third-order valence-electron chi connectivity index (χ3n) is 4.51. The highest BCUT2D eigenvalue weighted by molar-refractivity contribution is 5.98. The van der Waals surface area contributed by atoms with Gasteiger partial charge in [0, 0.05) is 11.3 Å². The molecule has 0 aliphatic heterocycles. The van der Waals surface area contributed by atoms with Crippen molar-refractivity contribution in [1.82, 2.24) is 0 Å². The van der Waals surface area contributed by atoms with Crippen molar-refractivity contribution < 1.29 is 19.1 Å². The van der Waals surface area contributed by atoms with Crippen molar-refractivity contribution in [1.29, 1.82) is 0 Å². The molecule has 0 heterocycles. The quantitative estimate of drug-likeness (QED) is 0.859. The molecule has 1 amide bonds. The number of benzene rings is 2. The van der Waals surface area contributed by atoms with Gasteiger partial charge >= 0.3 is 5.97 Å². The predicted octanol–water partition coefficient (Wildman–Crippen LogP) is 4.10. The molecule has 2 aromatic rings. The summed E-state index contributed by atoms with van der Waals surface area (Å²) in [5.74, 6) is -1.70. The third-order valence-corrected chi connectivity index (χ3v) is 4.51. The fourth-order valence-corrected chi connectivity index (χ4v) is 2.47. The van der Waals surface area contributed by atoms with Crippen LogP contribution in [0.25, 0.3) is 0 Å². The van der Waals surface area contributed by atoms with E-state index in [4.69, 9.17) is 0 Å². The maximum absolute atomic E-state index is 14.0. The van der Waals surface area contributed by atoms with Crippen LogP contribution in [0.1, 0.15) is 38.8 Å². The molecule has 0 aliphatic rings. The topological polar surface area (TPSA) is 66.4 Å². The van der Waals surface area contributed by atoms with Crippen LogP contribution in [0.15, 0.2) is 48.5 Å². The SMILES string of the molecule is CC(C)(C(=O)O)c1ccc(NC(=O)C(C)(C)c2ccccc2F)cc1. The van der Waals surface area contributed by atoms with Gasteiger partial charge in [0.15, 0.2) is 0 Å². The van der Waals surface area contributed by atoms with Crippen molar-refractivity contribution in [3.05, 3.63) is 65.5 Å². The van der Waals surface area contributed by atoms with Gasteiger partial charge in [-0.2, -0.15) is 0 Å². The van der Waals surface area contributed by atoms with Crippen LogP contribution in [-0.4, -0.2) is 17.0 Å². The number of carboxylic acids is 1. The Morgan fingerprint density at radius 2 is 1.48 bits per heavy atom. The van der Waals surface area contributed by atoms with Gasteiger partial charge < -0.3 is 10.4 Å². The number of anilines is 1. The Bertz CT molecular complexity index is 795. The van der Waals surface area contributed by atoms with Crippen LogP contribution in [-0.2, 0) is 20.4 Å². The first kappa shape index (κ1) is 18.6. The lowest BCUT2D eigenvalue weighted by molar-refractivity contribution is -0.142. The first-order valence-corrected chi connectivity index (χ1v) is 7.97. The minimum Gasteiger partial charge on any atom is -0.481 e. The highest BCUT2D eigenvalue weighted by atomic mass is 19.1. The molecule has 0 unspecified atom stereocenters. The molecule has 2 rings (SSSR count). The van der Waals surface area contributed by atoms with Gasteiger partial charge in [0.2, 0.25) is 5.91 Å². The maximum atomic E-state index is 14.0. The molecule has 0 fully saturated rings. The summed E-state index contributed by atoms with van der Waals surface area (Å²) in [7, 11) is 0. The number of halogens is 1. The molecule has 0 radical (unpaired) electrons. The van der Waals surface area contributed by atoms with Gasteiger partial charge in [-0.25, -0.2) is 4.39 Å². The summed E-state index contributed by atoms with van der Waals surface area (Å²) in [6, 6.07) is 12.8. The van der Waals surface area contributed by atoms with E-state index >= 15 is 0 Å². The summed E-state index contributed by atoms with van der Waals surface area (Å²) in [6.45, 7) is 6.54. The van der Waals surface area contributed by atoms with Crippen molar-refractivity contribution in [3.63, 3.8) is 0 Å². The number of amides is 1. The number of nitrogens with one attached hydrogen (secondary N) is 1. The molecule has 4 nitrogen and oxygen atoms in total. The number of rotatable bonds is 5. The summed E-state index contributed by atoms with van der Waals surface area (Å²) < 4.78 is 14.0. The molecular weight excluding hydrogens is 321 g/mol. The number of aliphatic carboxylic acids is 1. The molecule has 0 aliphatic carbocycles. The third kappa shape index (κ3) is 3.71. The average Bonchev–Trinajstić information content (AvgIpc) is 2.55. The summed E-state index contributed by atoms with van der Waals surface area (Å²) in [5.41, 5.74) is -0.596. The van der Waals surface area contributed by atoms with Crippen LogP contribution in [0.3, 0.4) is 0 Å². The zero-order valence-electron chi connectivity index (χ0n) is 14.8. The fourth-order valence-electron chi connectivity index (χ4n) is 2.47. The Labute approximate surface area is 146 Å². The van der Waals surface area contributed by atoms with Gasteiger partial charge in [0.1, 0.15) is 5.82 Å². The van der Waals surface area contributed by atoms with Crippen molar-refractivity contribution in [2.24, 2.45) is 0 Å². The van der Waals surface area contributed by atoms with Crippen LogP contribution in [0.4, 0.5) is 10.1 Å². The largest absolute Gasteiger partial charge is 0.481 e. The van der Waals surface area contributed by atoms with Crippen LogP contribution in [0.5, 0.6) is 0 Å². The molecule has 2 N–H and O–H groups in total. The summed E-state index contributed by atoms with van der Waals surface area (Å²) in [5, 5.41) is 12.0. The van der Waals surface area contributed by atoms with E-state index in [1.54, 1.807) is 70.2 Å². The molecule has 5 heteroatoms. The number of carbonyl (C=O) groups excluding carboxylic acids is 1. The monoisotopic (exact) mass is 343 g/mol. The lowest BCUT2D eigenvalue weighted by Crippen LogP contribution is -2.35. The van der Waals surface area contributed by atoms with E-state index in [0.29, 0.717) is 16.8 Å². The zero-order valence-corrected chi connectivity index (χ0v) is 14.8. The summed E-state index contributed by atoms with van der Waals surface area (Å²) in [6.07, 6.45) is 0. The van der Waals surface area contributed by atoms with Crippen molar-refractivity contribution in [3.8, 4) is 0 Å². The molecule has 2 aromatic carbocycles. The highest BCUT2D eigenvalue weighted by Crippen LogP contribution is 2.28. The second kappa shape index (κ2) is 6.67. The Balaban J connectivity index is 2.21. The minimum atomic E-state index is -1.05. The van der Waals surface area contributed by atoms with Crippen LogP contribution < -0.4 is 5.32 Å². The molecule has 25 heavy (non-hydrogen) atoms. The van der Waals surface area contributed by atoms with Crippen LogP contribution in [0.2, 0.25) is 0 Å². The minimum absolute atomic E-state index is 0.316. The summed E-state index contributed by atoms with van der Waals surface area (Å²) in [4.78, 5) is 23.9. The Morgan fingerprint density at radius 3 is 2.00 bits per heavy atom. The van der Waals surface area contributed by atoms with E-state index < -0.39 is 22.6 Å². The van der Waals surface area contributed by atoms with Gasteiger partial charge in [0.25, 0.3) is 0 Å². The van der Waals surface area contributed by atoms with Gasteiger partial charge in [-0.05, 0) is 51.5 Å². The predicted molar refractivity (Wildman–Crippen MR) is 95.2 cm³/mol. The lowest BCUT2D eigenvalue weighted by atomic mass is 9.83. The number of carboxylic acid groups (broad SMARTS) is 1. The Hall–Kier alpha value is -2.69. The van der Waals surface area contributed by atoms with E-state index in [2.05, 4.69) is 5.32 Å². The van der Waals surface area contributed by atoms with Gasteiger partial charge in [-0.3, -0.25) is 9.59 Å². The van der Waals surface area contributed by atoms with E-state index in [1.807, 2.05) is 0 Å². The van der Waals surface area contributed by atoms with E-state index in [9.17, 15) is 19.1 Å². The first-order valence-electron chi connectivity index (χ1n) is 7.97. The molecule has 0 saturated carbocycles. The van der Waals surface area contributed by atoms with Gasteiger partial charge in [-0.15, -0.1) is 0 Å². The molecule has 0 aromatic heterocycles.